The van der Waals surface area contributed by atoms with E-state index in [9.17, 15) is 8.78 Å². The van der Waals surface area contributed by atoms with Crippen molar-refractivity contribution in [2.45, 2.75) is 45.5 Å². The van der Waals surface area contributed by atoms with Crippen molar-refractivity contribution in [1.82, 2.24) is 0 Å². The Morgan fingerprint density at radius 3 is 2.47 bits per heavy atom. The molecule has 3 atom stereocenters. The molecular weight excluding hydrogens is 196 g/mol. The van der Waals surface area contributed by atoms with Gasteiger partial charge in [-0.2, -0.15) is 0 Å². The molecule has 0 heterocycles. The number of nitrogens with two attached hydrogens (primary N) is 1. The smallest absolute Gasteiger partial charge is 0.260 e. The van der Waals surface area contributed by atoms with Crippen LogP contribution in [-0.4, -0.2) is 12.5 Å². The molecule has 2 bridgehead atoms. The SMILES string of the molecule is CC1(C)C2CCC(CC(F)(F)CN)C1C2. The minimum absolute atomic E-state index is 0.00428. The topological polar surface area (TPSA) is 26.0 Å². The van der Waals surface area contributed by atoms with E-state index >= 15 is 0 Å². The Morgan fingerprint density at radius 1 is 1.33 bits per heavy atom. The lowest BCUT2D eigenvalue weighted by atomic mass is 9.45. The zero-order chi connectivity index (χ0) is 11.3. The predicted molar refractivity (Wildman–Crippen MR) is 56.7 cm³/mol. The summed E-state index contributed by atoms with van der Waals surface area (Å²) >= 11 is 0. The number of alkyl halides is 2. The van der Waals surface area contributed by atoms with Crippen LogP contribution in [0.4, 0.5) is 8.78 Å². The fraction of sp³-hybridized carbons (Fsp3) is 1.00. The molecule has 3 aliphatic rings. The summed E-state index contributed by atoms with van der Waals surface area (Å²) in [5.74, 6) is -1.16. The molecule has 3 unspecified atom stereocenters. The molecule has 0 aliphatic heterocycles. The maximum atomic E-state index is 13.3. The first-order chi connectivity index (χ1) is 6.87. The second-order valence-electron chi connectivity index (χ2n) is 5.96. The van der Waals surface area contributed by atoms with E-state index < -0.39 is 12.5 Å². The molecule has 0 spiro atoms. The summed E-state index contributed by atoms with van der Waals surface area (Å²) in [5, 5.41) is 0. The highest BCUT2D eigenvalue weighted by molar-refractivity contribution is 5.03. The average molecular weight is 217 g/mol. The van der Waals surface area contributed by atoms with Crippen LogP contribution in [0.15, 0.2) is 0 Å². The van der Waals surface area contributed by atoms with Crippen LogP contribution in [0.5, 0.6) is 0 Å². The third-order valence-electron chi connectivity index (χ3n) is 4.86. The minimum Gasteiger partial charge on any atom is -0.325 e. The Balaban J connectivity index is 2.00. The van der Waals surface area contributed by atoms with Gasteiger partial charge in [0.05, 0.1) is 6.54 Å². The standard InChI is InChI=1S/C12H21F2N/c1-11(2)9-4-3-8(10(11)5-9)6-12(13,14)7-15/h8-10H,3-7,15H2,1-2H3. The van der Waals surface area contributed by atoms with Gasteiger partial charge in [-0.25, -0.2) is 8.78 Å². The Hall–Kier alpha value is -0.180. The van der Waals surface area contributed by atoms with Gasteiger partial charge in [0, 0.05) is 6.42 Å². The average Bonchev–Trinajstić information content (AvgIpc) is 2.17. The molecule has 1 nitrogen and oxygen atoms in total. The highest BCUT2D eigenvalue weighted by Crippen LogP contribution is 2.62. The Labute approximate surface area is 90.4 Å². The molecule has 0 aromatic heterocycles. The van der Waals surface area contributed by atoms with Crippen molar-refractivity contribution in [3.63, 3.8) is 0 Å². The largest absolute Gasteiger partial charge is 0.325 e. The first-order valence-electron chi connectivity index (χ1n) is 5.95. The van der Waals surface area contributed by atoms with Gasteiger partial charge in [-0.3, -0.25) is 0 Å². The summed E-state index contributed by atoms with van der Waals surface area (Å²) in [6.45, 7) is 3.97. The molecule has 2 N–H and O–H groups in total. The molecule has 3 heteroatoms. The van der Waals surface area contributed by atoms with Crippen LogP contribution < -0.4 is 5.73 Å². The summed E-state index contributed by atoms with van der Waals surface area (Å²) in [6.07, 6.45) is 3.28. The molecule has 3 saturated carbocycles. The molecule has 3 rings (SSSR count). The van der Waals surface area contributed by atoms with Gasteiger partial charge < -0.3 is 5.73 Å². The summed E-state index contributed by atoms with van der Waals surface area (Å²) in [4.78, 5) is 0. The summed E-state index contributed by atoms with van der Waals surface area (Å²) in [6, 6.07) is 0. The highest BCUT2D eigenvalue weighted by atomic mass is 19.3. The normalized spacial score (nSPS) is 38.6. The van der Waals surface area contributed by atoms with E-state index in [1.807, 2.05) is 0 Å². The van der Waals surface area contributed by atoms with Gasteiger partial charge in [0.15, 0.2) is 0 Å². The monoisotopic (exact) mass is 217 g/mol. The van der Waals surface area contributed by atoms with Crippen LogP contribution in [-0.2, 0) is 0 Å². The quantitative estimate of drug-likeness (QED) is 0.772. The first-order valence-corrected chi connectivity index (χ1v) is 5.95. The van der Waals surface area contributed by atoms with Gasteiger partial charge in [-0.15, -0.1) is 0 Å². The molecule has 3 fully saturated rings. The fourth-order valence-electron chi connectivity index (χ4n) is 3.67. The van der Waals surface area contributed by atoms with Crippen molar-refractivity contribution in [3.8, 4) is 0 Å². The maximum absolute atomic E-state index is 13.3. The van der Waals surface area contributed by atoms with Gasteiger partial charge in [0.25, 0.3) is 5.92 Å². The van der Waals surface area contributed by atoms with Crippen LogP contribution in [0.3, 0.4) is 0 Å². The lowest BCUT2D eigenvalue weighted by molar-refractivity contribution is -0.132. The van der Waals surface area contributed by atoms with E-state index in [4.69, 9.17) is 5.73 Å². The fourth-order valence-corrected chi connectivity index (χ4v) is 3.67. The van der Waals surface area contributed by atoms with Gasteiger partial charge in [-0.05, 0) is 42.4 Å². The van der Waals surface area contributed by atoms with E-state index in [2.05, 4.69) is 13.8 Å². The molecule has 0 saturated heterocycles. The van der Waals surface area contributed by atoms with Crippen LogP contribution in [0.1, 0.15) is 39.5 Å². The summed E-state index contributed by atoms with van der Waals surface area (Å²) in [7, 11) is 0. The second kappa shape index (κ2) is 3.41. The maximum Gasteiger partial charge on any atom is 0.260 e. The summed E-state index contributed by atoms with van der Waals surface area (Å²) < 4.78 is 26.5. The zero-order valence-corrected chi connectivity index (χ0v) is 9.60. The van der Waals surface area contributed by atoms with Gasteiger partial charge in [0.2, 0.25) is 0 Å². The van der Waals surface area contributed by atoms with E-state index in [0.717, 1.165) is 25.2 Å². The molecule has 3 aliphatic carbocycles. The van der Waals surface area contributed by atoms with Crippen LogP contribution in [0.2, 0.25) is 0 Å². The van der Waals surface area contributed by atoms with Crippen molar-refractivity contribution >= 4 is 0 Å². The van der Waals surface area contributed by atoms with E-state index in [1.165, 1.54) is 0 Å². The Bertz CT molecular complexity index is 248. The van der Waals surface area contributed by atoms with Crippen molar-refractivity contribution < 1.29 is 8.78 Å². The highest BCUT2D eigenvalue weighted by Gasteiger charge is 2.55. The number of fused-ring (bicyclic) bond motifs is 2. The molecule has 0 amide bonds. The van der Waals surface area contributed by atoms with Crippen molar-refractivity contribution in [1.29, 1.82) is 0 Å². The van der Waals surface area contributed by atoms with Gasteiger partial charge >= 0.3 is 0 Å². The lowest BCUT2D eigenvalue weighted by Crippen LogP contribution is -2.53. The van der Waals surface area contributed by atoms with Crippen molar-refractivity contribution in [2.75, 3.05) is 6.54 Å². The number of halogens is 2. The van der Waals surface area contributed by atoms with Crippen LogP contribution >= 0.6 is 0 Å². The molecular formula is C12H21F2N. The van der Waals surface area contributed by atoms with Gasteiger partial charge in [0.1, 0.15) is 0 Å². The number of hydrogen-bond donors (Lipinski definition) is 1. The van der Waals surface area contributed by atoms with E-state index in [1.54, 1.807) is 0 Å². The zero-order valence-electron chi connectivity index (χ0n) is 9.60. The molecule has 0 aromatic carbocycles. The molecule has 15 heavy (non-hydrogen) atoms. The first kappa shape index (κ1) is 11.3. The number of hydrogen-bond acceptors (Lipinski definition) is 1. The van der Waals surface area contributed by atoms with Gasteiger partial charge in [-0.1, -0.05) is 13.8 Å². The lowest BCUT2D eigenvalue weighted by Gasteiger charge is -2.60. The Morgan fingerprint density at radius 2 is 2.00 bits per heavy atom. The predicted octanol–water partition coefficient (Wildman–Crippen LogP) is 3.04. The van der Waals surface area contributed by atoms with Crippen molar-refractivity contribution in [2.24, 2.45) is 28.9 Å². The molecule has 0 radical (unpaired) electrons. The molecule has 88 valence electrons. The number of rotatable bonds is 3. The third kappa shape index (κ3) is 1.79. The second-order valence-corrected chi connectivity index (χ2v) is 5.96. The van der Waals surface area contributed by atoms with E-state index in [0.29, 0.717) is 11.3 Å². The minimum atomic E-state index is -2.65. The Kier molecular flexibility index (Phi) is 2.57. The molecule has 0 aromatic rings. The van der Waals surface area contributed by atoms with Crippen LogP contribution in [0, 0.1) is 23.2 Å². The summed E-state index contributed by atoms with van der Waals surface area (Å²) in [5.41, 5.74) is 5.40. The van der Waals surface area contributed by atoms with E-state index in [-0.39, 0.29) is 12.3 Å². The third-order valence-corrected chi connectivity index (χ3v) is 4.86. The van der Waals surface area contributed by atoms with Crippen LogP contribution in [0.25, 0.3) is 0 Å². The van der Waals surface area contributed by atoms with Crippen molar-refractivity contribution in [3.05, 3.63) is 0 Å².